The number of anilines is 2. The number of carbonyl (C=O) groups is 1. The Labute approximate surface area is 118 Å². The third kappa shape index (κ3) is 3.15. The first kappa shape index (κ1) is 14.1. The highest BCUT2D eigenvalue weighted by Crippen LogP contribution is 2.47. The number of nitrogens with one attached hydrogen (secondary N) is 1. The topological polar surface area (TPSA) is 58.4 Å². The van der Waals surface area contributed by atoms with E-state index in [0.29, 0.717) is 16.0 Å². The third-order valence-electron chi connectivity index (χ3n) is 3.55. The summed E-state index contributed by atoms with van der Waals surface area (Å²) < 4.78 is 0.369. The molecule has 1 amide bonds. The van der Waals surface area contributed by atoms with E-state index in [1.165, 1.54) is 12.8 Å². The average Bonchev–Trinajstić information content (AvgIpc) is 3.17. The van der Waals surface area contributed by atoms with E-state index in [0.717, 1.165) is 12.2 Å². The SMILES string of the molecule is CSC1(CNc2cc(C(=O)N(C)C)ccc2N)CC1. The highest BCUT2D eigenvalue weighted by Gasteiger charge is 2.41. The van der Waals surface area contributed by atoms with Crippen LogP contribution in [-0.2, 0) is 0 Å². The van der Waals surface area contributed by atoms with E-state index in [9.17, 15) is 4.79 Å². The molecule has 104 valence electrons. The second-order valence-electron chi connectivity index (χ2n) is 5.24. The molecule has 1 aromatic rings. The average molecular weight is 279 g/mol. The first-order valence-corrected chi connectivity index (χ1v) is 7.60. The van der Waals surface area contributed by atoms with Crippen molar-refractivity contribution in [3.63, 3.8) is 0 Å². The number of nitrogen functional groups attached to an aromatic ring is 1. The van der Waals surface area contributed by atoms with Crippen LogP contribution >= 0.6 is 11.8 Å². The molecule has 0 spiro atoms. The Hall–Kier alpha value is -1.36. The number of nitrogens with zero attached hydrogens (tertiary/aromatic N) is 1. The zero-order valence-electron chi connectivity index (χ0n) is 11.7. The van der Waals surface area contributed by atoms with Crippen LogP contribution in [0, 0.1) is 0 Å². The van der Waals surface area contributed by atoms with E-state index in [1.807, 2.05) is 17.8 Å². The van der Waals surface area contributed by atoms with Crippen molar-refractivity contribution in [2.75, 3.05) is 37.9 Å². The number of thioether (sulfide) groups is 1. The van der Waals surface area contributed by atoms with Crippen LogP contribution in [0.2, 0.25) is 0 Å². The van der Waals surface area contributed by atoms with Crippen LogP contribution in [0.25, 0.3) is 0 Å². The van der Waals surface area contributed by atoms with Gasteiger partial charge in [0, 0.05) is 31.0 Å². The molecule has 0 aromatic heterocycles. The molecule has 5 heteroatoms. The van der Waals surface area contributed by atoms with Gasteiger partial charge in [-0.2, -0.15) is 11.8 Å². The monoisotopic (exact) mass is 279 g/mol. The third-order valence-corrected chi connectivity index (χ3v) is 4.97. The summed E-state index contributed by atoms with van der Waals surface area (Å²) in [6.45, 7) is 0.901. The van der Waals surface area contributed by atoms with Gasteiger partial charge in [-0.15, -0.1) is 0 Å². The van der Waals surface area contributed by atoms with Gasteiger partial charge >= 0.3 is 0 Å². The fourth-order valence-electron chi connectivity index (χ4n) is 1.95. The minimum atomic E-state index is -0.00551. The highest BCUT2D eigenvalue weighted by atomic mass is 32.2. The van der Waals surface area contributed by atoms with E-state index < -0.39 is 0 Å². The smallest absolute Gasteiger partial charge is 0.253 e. The van der Waals surface area contributed by atoms with Crippen LogP contribution in [0.5, 0.6) is 0 Å². The molecule has 0 atom stereocenters. The van der Waals surface area contributed by atoms with Crippen molar-refractivity contribution in [3.8, 4) is 0 Å². The Morgan fingerprint density at radius 3 is 2.68 bits per heavy atom. The Bertz CT molecular complexity index is 484. The van der Waals surface area contributed by atoms with E-state index in [-0.39, 0.29) is 5.91 Å². The Kier molecular flexibility index (Phi) is 3.94. The van der Waals surface area contributed by atoms with Gasteiger partial charge in [-0.05, 0) is 37.3 Å². The lowest BCUT2D eigenvalue weighted by Gasteiger charge is -2.17. The van der Waals surface area contributed by atoms with Gasteiger partial charge in [0.2, 0.25) is 0 Å². The zero-order valence-corrected chi connectivity index (χ0v) is 12.5. The second-order valence-corrected chi connectivity index (χ2v) is 6.52. The van der Waals surface area contributed by atoms with Crippen LogP contribution in [0.4, 0.5) is 11.4 Å². The first-order chi connectivity index (χ1) is 8.97. The molecule has 4 nitrogen and oxygen atoms in total. The first-order valence-electron chi connectivity index (χ1n) is 6.38. The molecule has 3 N–H and O–H groups in total. The van der Waals surface area contributed by atoms with Gasteiger partial charge in [-0.3, -0.25) is 4.79 Å². The number of carbonyl (C=O) groups excluding carboxylic acids is 1. The molecule has 1 aliphatic rings. The molecule has 0 aliphatic heterocycles. The van der Waals surface area contributed by atoms with Gasteiger partial charge in [0.25, 0.3) is 5.91 Å². The summed E-state index contributed by atoms with van der Waals surface area (Å²) in [7, 11) is 3.50. The molecule has 2 rings (SSSR count). The molecule has 1 fully saturated rings. The van der Waals surface area contributed by atoms with Crippen molar-refractivity contribution in [3.05, 3.63) is 23.8 Å². The fraction of sp³-hybridized carbons (Fsp3) is 0.500. The van der Waals surface area contributed by atoms with Crippen LogP contribution in [0.15, 0.2) is 18.2 Å². The van der Waals surface area contributed by atoms with Crippen LogP contribution in [-0.4, -0.2) is 42.4 Å². The normalized spacial score (nSPS) is 15.9. The second kappa shape index (κ2) is 5.33. The predicted octanol–water partition coefficient (Wildman–Crippen LogP) is 2.28. The van der Waals surface area contributed by atoms with Crippen molar-refractivity contribution in [2.24, 2.45) is 0 Å². The molecule has 0 bridgehead atoms. The zero-order chi connectivity index (χ0) is 14.0. The van der Waals surface area contributed by atoms with Gasteiger partial charge in [-0.25, -0.2) is 0 Å². The van der Waals surface area contributed by atoms with Gasteiger partial charge < -0.3 is 16.0 Å². The van der Waals surface area contributed by atoms with Gasteiger partial charge in [0.05, 0.1) is 11.4 Å². The predicted molar refractivity (Wildman–Crippen MR) is 82.8 cm³/mol. The van der Waals surface area contributed by atoms with Crippen LogP contribution in [0.1, 0.15) is 23.2 Å². The Morgan fingerprint density at radius 1 is 1.47 bits per heavy atom. The summed E-state index contributed by atoms with van der Waals surface area (Å²) in [5, 5.41) is 3.38. The maximum Gasteiger partial charge on any atom is 0.253 e. The quantitative estimate of drug-likeness (QED) is 0.812. The maximum absolute atomic E-state index is 11.9. The lowest BCUT2D eigenvalue weighted by molar-refractivity contribution is 0.0827. The standard InChI is InChI=1S/C14H21N3OS/c1-17(2)13(18)10-4-5-11(15)12(8-10)16-9-14(19-3)6-7-14/h4-5,8,16H,6-7,9,15H2,1-3H3. The Morgan fingerprint density at radius 2 is 2.16 bits per heavy atom. The van der Waals surface area contributed by atoms with Crippen LogP contribution in [0.3, 0.4) is 0 Å². The lowest BCUT2D eigenvalue weighted by Crippen LogP contribution is -2.22. The molecule has 19 heavy (non-hydrogen) atoms. The number of hydrogen-bond donors (Lipinski definition) is 2. The van der Waals surface area contributed by atoms with Crippen molar-refractivity contribution in [1.82, 2.24) is 4.90 Å². The van der Waals surface area contributed by atoms with Gasteiger partial charge in [-0.1, -0.05) is 0 Å². The van der Waals surface area contributed by atoms with Crippen molar-refractivity contribution < 1.29 is 4.79 Å². The summed E-state index contributed by atoms with van der Waals surface area (Å²) in [6, 6.07) is 5.40. The molecule has 1 saturated carbocycles. The Balaban J connectivity index is 2.11. The van der Waals surface area contributed by atoms with E-state index >= 15 is 0 Å². The number of rotatable bonds is 5. The van der Waals surface area contributed by atoms with Gasteiger partial charge in [0.15, 0.2) is 0 Å². The summed E-state index contributed by atoms with van der Waals surface area (Å²) in [4.78, 5) is 13.5. The van der Waals surface area contributed by atoms with E-state index in [2.05, 4.69) is 11.6 Å². The largest absolute Gasteiger partial charge is 0.397 e. The highest BCUT2D eigenvalue weighted by molar-refractivity contribution is 8.00. The van der Waals surface area contributed by atoms with Crippen molar-refractivity contribution in [1.29, 1.82) is 0 Å². The number of benzene rings is 1. The summed E-state index contributed by atoms with van der Waals surface area (Å²) in [5.41, 5.74) is 8.17. The van der Waals surface area contributed by atoms with E-state index in [4.69, 9.17) is 5.73 Å². The van der Waals surface area contributed by atoms with Crippen LogP contribution < -0.4 is 11.1 Å². The minimum absolute atomic E-state index is 0.00551. The fourth-order valence-corrected chi connectivity index (χ4v) is 2.68. The maximum atomic E-state index is 11.9. The van der Waals surface area contributed by atoms with Crippen molar-refractivity contribution in [2.45, 2.75) is 17.6 Å². The molecule has 0 radical (unpaired) electrons. The molecular weight excluding hydrogens is 258 g/mol. The molecule has 0 unspecified atom stereocenters. The molecular formula is C14H21N3OS. The minimum Gasteiger partial charge on any atom is -0.397 e. The number of nitrogens with two attached hydrogens (primary N) is 1. The molecule has 1 aliphatic carbocycles. The summed E-state index contributed by atoms with van der Waals surface area (Å²) >= 11 is 1.90. The molecule has 1 aromatic carbocycles. The summed E-state index contributed by atoms with van der Waals surface area (Å²) in [5.74, 6) is -0.00551. The lowest BCUT2D eigenvalue weighted by atomic mass is 10.1. The van der Waals surface area contributed by atoms with Crippen molar-refractivity contribution >= 4 is 29.0 Å². The van der Waals surface area contributed by atoms with Gasteiger partial charge in [0.1, 0.15) is 0 Å². The summed E-state index contributed by atoms with van der Waals surface area (Å²) in [6.07, 6.45) is 4.64. The van der Waals surface area contributed by atoms with E-state index in [1.54, 1.807) is 31.1 Å². The number of hydrogen-bond acceptors (Lipinski definition) is 4. The molecule has 0 saturated heterocycles. The number of amides is 1. The molecule has 0 heterocycles.